The molecule has 2 N–H and O–H groups in total. The summed E-state index contributed by atoms with van der Waals surface area (Å²) in [5, 5.41) is 5.22. The summed E-state index contributed by atoms with van der Waals surface area (Å²) in [6, 6.07) is 0.309. The minimum absolute atomic E-state index is 0.00528. The van der Waals surface area contributed by atoms with E-state index in [1.165, 1.54) is 7.05 Å². The average molecular weight is 438 g/mol. The highest BCUT2D eigenvalue weighted by molar-refractivity contribution is 5.97. The Bertz CT molecular complexity index is 1010. The highest BCUT2D eigenvalue weighted by atomic mass is 19.2. The molecule has 0 radical (unpaired) electrons. The number of carbonyl (C=O) groups is 2. The minimum atomic E-state index is -1.32. The fourth-order valence-electron chi connectivity index (χ4n) is 3.51. The van der Waals surface area contributed by atoms with Gasteiger partial charge < -0.3 is 19.9 Å². The van der Waals surface area contributed by atoms with Gasteiger partial charge in [-0.25, -0.2) is 18.2 Å². The molecule has 1 atom stereocenters. The summed E-state index contributed by atoms with van der Waals surface area (Å²) in [5.41, 5.74) is -0.397. The summed E-state index contributed by atoms with van der Waals surface area (Å²) in [7, 11) is 1.47. The molecule has 2 aromatic rings. The van der Waals surface area contributed by atoms with Crippen LogP contribution in [0.3, 0.4) is 0 Å². The molecule has 0 fully saturated rings. The van der Waals surface area contributed by atoms with Gasteiger partial charge in [0, 0.05) is 26.1 Å². The Hall–Kier alpha value is -2.88. The minimum Gasteiger partial charge on any atom is -0.379 e. The Morgan fingerprint density at radius 3 is 2.45 bits per heavy atom. The summed E-state index contributed by atoms with van der Waals surface area (Å²) >= 11 is 0. The van der Waals surface area contributed by atoms with Gasteiger partial charge >= 0.3 is 0 Å². The molecule has 1 aliphatic heterocycles. The fourth-order valence-corrected chi connectivity index (χ4v) is 3.51. The summed E-state index contributed by atoms with van der Waals surface area (Å²) in [6.07, 6.45) is 0.307. The first-order valence-corrected chi connectivity index (χ1v) is 9.89. The van der Waals surface area contributed by atoms with Gasteiger partial charge in [0.2, 0.25) is 5.91 Å². The molecule has 2 heterocycles. The second-order valence-corrected chi connectivity index (χ2v) is 8.38. The number of ether oxygens (including phenoxy) is 1. The summed E-state index contributed by atoms with van der Waals surface area (Å²) < 4.78 is 48.7. The number of carbonyl (C=O) groups excluding carboxylic acids is 2. The first-order chi connectivity index (χ1) is 14.5. The van der Waals surface area contributed by atoms with Gasteiger partial charge in [0.15, 0.2) is 11.6 Å². The lowest BCUT2D eigenvalue weighted by atomic mass is 9.86. The molecule has 168 valence electrons. The Morgan fingerprint density at radius 2 is 1.81 bits per heavy atom. The van der Waals surface area contributed by atoms with Crippen LogP contribution in [0.5, 0.6) is 0 Å². The van der Waals surface area contributed by atoms with Crippen LogP contribution in [0, 0.1) is 22.9 Å². The van der Waals surface area contributed by atoms with Crippen molar-refractivity contribution in [2.45, 2.75) is 39.8 Å². The maximum Gasteiger partial charge on any atom is 0.272 e. The van der Waals surface area contributed by atoms with Gasteiger partial charge in [0.1, 0.15) is 23.4 Å². The summed E-state index contributed by atoms with van der Waals surface area (Å²) in [5.74, 6) is -4.54. The van der Waals surface area contributed by atoms with E-state index in [4.69, 9.17) is 4.74 Å². The second-order valence-electron chi connectivity index (χ2n) is 8.38. The van der Waals surface area contributed by atoms with Crippen LogP contribution in [0.1, 0.15) is 37.0 Å². The van der Waals surface area contributed by atoms with Crippen molar-refractivity contribution in [3.63, 3.8) is 0 Å². The number of fused-ring (bicyclic) bond motifs is 1. The lowest BCUT2D eigenvalue weighted by Gasteiger charge is -2.29. The molecule has 0 bridgehead atoms. The Labute approximate surface area is 178 Å². The maximum absolute atomic E-state index is 14.5. The highest BCUT2D eigenvalue weighted by Gasteiger charge is 2.34. The van der Waals surface area contributed by atoms with Crippen LogP contribution in [-0.2, 0) is 22.5 Å². The molecule has 0 unspecified atom stereocenters. The first kappa shape index (κ1) is 22.8. The molecule has 1 aromatic heterocycles. The van der Waals surface area contributed by atoms with E-state index in [2.05, 4.69) is 15.6 Å². The lowest BCUT2D eigenvalue weighted by molar-refractivity contribution is -0.124. The van der Waals surface area contributed by atoms with Gasteiger partial charge in [-0.1, -0.05) is 20.8 Å². The van der Waals surface area contributed by atoms with Crippen LogP contribution in [0.2, 0.25) is 0 Å². The van der Waals surface area contributed by atoms with Crippen LogP contribution >= 0.6 is 0 Å². The van der Waals surface area contributed by atoms with Gasteiger partial charge in [-0.15, -0.1) is 0 Å². The Kier molecular flexibility index (Phi) is 6.40. The van der Waals surface area contributed by atoms with Gasteiger partial charge in [-0.3, -0.25) is 9.59 Å². The van der Waals surface area contributed by atoms with Crippen molar-refractivity contribution >= 4 is 11.8 Å². The van der Waals surface area contributed by atoms with Crippen LogP contribution in [-0.4, -0.2) is 47.7 Å². The van der Waals surface area contributed by atoms with E-state index >= 15 is 0 Å². The molecule has 7 nitrogen and oxygen atoms in total. The Morgan fingerprint density at radius 1 is 1.13 bits per heavy atom. The van der Waals surface area contributed by atoms with Crippen molar-refractivity contribution in [2.75, 3.05) is 20.3 Å². The fraction of sp³-hybridized carbons (Fsp3) is 0.476. The number of nitrogens with zero attached hydrogens (tertiary/aromatic N) is 2. The third-order valence-electron chi connectivity index (χ3n) is 5.13. The SMILES string of the molecule is CNC(=O)[C@@H](NC(=O)c1nc(-c2cc(F)c(F)cc2F)n2c1CCOCC2)C(C)(C)C. The third kappa shape index (κ3) is 4.58. The molecule has 31 heavy (non-hydrogen) atoms. The number of imidazole rings is 1. The van der Waals surface area contributed by atoms with Gasteiger partial charge in [-0.2, -0.15) is 0 Å². The van der Waals surface area contributed by atoms with Crippen LogP contribution in [0.15, 0.2) is 12.1 Å². The van der Waals surface area contributed by atoms with Gasteiger partial charge in [-0.05, 0) is 11.5 Å². The van der Waals surface area contributed by atoms with Crippen molar-refractivity contribution in [2.24, 2.45) is 5.41 Å². The summed E-state index contributed by atoms with van der Waals surface area (Å²) in [6.45, 7) is 6.25. The first-order valence-electron chi connectivity index (χ1n) is 9.89. The molecule has 0 saturated carbocycles. The molecule has 0 saturated heterocycles. The lowest BCUT2D eigenvalue weighted by Crippen LogP contribution is -2.53. The van der Waals surface area contributed by atoms with Gasteiger partial charge in [0.05, 0.1) is 24.5 Å². The molecule has 3 rings (SSSR count). The highest BCUT2D eigenvalue weighted by Crippen LogP contribution is 2.29. The number of amides is 2. The van der Waals surface area contributed by atoms with Crippen molar-refractivity contribution in [3.05, 3.63) is 41.0 Å². The monoisotopic (exact) mass is 438 g/mol. The predicted octanol–water partition coefficient (Wildman–Crippen LogP) is 2.43. The third-order valence-corrected chi connectivity index (χ3v) is 5.13. The zero-order valence-corrected chi connectivity index (χ0v) is 17.8. The molecule has 2 amide bonds. The number of rotatable bonds is 4. The second kappa shape index (κ2) is 8.70. The van der Waals surface area contributed by atoms with E-state index < -0.39 is 34.8 Å². The van der Waals surface area contributed by atoms with E-state index in [0.29, 0.717) is 24.8 Å². The van der Waals surface area contributed by atoms with Crippen molar-refractivity contribution < 1.29 is 27.5 Å². The van der Waals surface area contributed by atoms with Crippen LogP contribution < -0.4 is 10.6 Å². The number of likely N-dealkylation sites (N-methyl/N-ethyl adjacent to an activating group) is 1. The quantitative estimate of drug-likeness (QED) is 0.719. The van der Waals surface area contributed by atoms with Gasteiger partial charge in [0.25, 0.3) is 5.91 Å². The number of hydrogen-bond donors (Lipinski definition) is 2. The van der Waals surface area contributed by atoms with Crippen LogP contribution in [0.25, 0.3) is 11.4 Å². The molecule has 0 spiro atoms. The smallest absolute Gasteiger partial charge is 0.272 e. The van der Waals surface area contributed by atoms with Crippen LogP contribution in [0.4, 0.5) is 13.2 Å². The largest absolute Gasteiger partial charge is 0.379 e. The topological polar surface area (TPSA) is 85.3 Å². The number of hydrogen-bond acceptors (Lipinski definition) is 4. The Balaban J connectivity index is 2.09. The molecular formula is C21H25F3N4O3. The average Bonchev–Trinajstić information content (AvgIpc) is 2.88. The number of nitrogens with one attached hydrogen (secondary N) is 2. The zero-order chi connectivity index (χ0) is 22.9. The van der Waals surface area contributed by atoms with Crippen molar-refractivity contribution in [1.82, 2.24) is 20.2 Å². The molecule has 1 aromatic carbocycles. The van der Waals surface area contributed by atoms with E-state index in [1.54, 1.807) is 25.3 Å². The molecule has 1 aliphatic rings. The van der Waals surface area contributed by atoms with E-state index in [-0.39, 0.29) is 36.1 Å². The number of halogens is 3. The molecular weight excluding hydrogens is 413 g/mol. The van der Waals surface area contributed by atoms with Crippen molar-refractivity contribution in [1.29, 1.82) is 0 Å². The maximum atomic E-state index is 14.5. The zero-order valence-electron chi connectivity index (χ0n) is 17.8. The van der Waals surface area contributed by atoms with E-state index in [9.17, 15) is 22.8 Å². The number of benzene rings is 1. The van der Waals surface area contributed by atoms with E-state index in [0.717, 1.165) is 6.07 Å². The number of aromatic nitrogens is 2. The molecule has 0 aliphatic carbocycles. The van der Waals surface area contributed by atoms with E-state index in [1.807, 2.05) is 0 Å². The standard InChI is InChI=1S/C21H25F3N4O3/c1-21(2,3)17(20(30)25-4)27-19(29)16-15-5-7-31-8-6-28(15)18(26-16)11-9-13(23)14(24)10-12(11)22/h9-10,17H,5-8H2,1-4H3,(H,25,30)(H,27,29)/t17-/m1/s1. The normalized spacial score (nSPS) is 15.1. The predicted molar refractivity (Wildman–Crippen MR) is 107 cm³/mol. The van der Waals surface area contributed by atoms with Crippen molar-refractivity contribution in [3.8, 4) is 11.4 Å². The molecule has 10 heteroatoms. The summed E-state index contributed by atoms with van der Waals surface area (Å²) in [4.78, 5) is 29.7.